The maximum atomic E-state index is 5.91. The molecule has 0 bridgehead atoms. The highest BCUT2D eigenvalue weighted by atomic mass is 35.5. The number of thiophene rings is 1. The molecule has 3 heteroatoms. The van der Waals surface area contributed by atoms with E-state index in [1.54, 1.807) is 11.3 Å². The molecule has 0 spiro atoms. The van der Waals surface area contributed by atoms with E-state index in [0.29, 0.717) is 0 Å². The van der Waals surface area contributed by atoms with Crippen LogP contribution in [-0.4, -0.2) is 0 Å². The second kappa shape index (κ2) is 2.77. The molecule has 0 aromatic carbocycles. The van der Waals surface area contributed by atoms with Gasteiger partial charge in [-0.3, -0.25) is 0 Å². The van der Waals surface area contributed by atoms with E-state index >= 15 is 0 Å². The number of hydrogen-bond acceptors (Lipinski definition) is 2. The van der Waals surface area contributed by atoms with Gasteiger partial charge in [-0.25, -0.2) is 0 Å². The van der Waals surface area contributed by atoms with Crippen LogP contribution in [0.15, 0.2) is 6.07 Å². The summed E-state index contributed by atoms with van der Waals surface area (Å²) in [5.74, 6) is 0. The normalized spacial score (nSPS) is 23.3. The van der Waals surface area contributed by atoms with Gasteiger partial charge in [0.1, 0.15) is 0 Å². The van der Waals surface area contributed by atoms with Crippen molar-refractivity contribution in [3.05, 3.63) is 20.8 Å². The van der Waals surface area contributed by atoms with Crippen LogP contribution in [0.5, 0.6) is 0 Å². The number of fused-ring (bicyclic) bond motifs is 1. The molecule has 1 aliphatic rings. The van der Waals surface area contributed by atoms with Crippen LogP contribution in [0.2, 0.25) is 4.34 Å². The van der Waals surface area contributed by atoms with E-state index in [-0.39, 0.29) is 6.04 Å². The van der Waals surface area contributed by atoms with E-state index < -0.39 is 0 Å². The summed E-state index contributed by atoms with van der Waals surface area (Å²) in [4.78, 5) is 1.31. The predicted octanol–water partition coefficient (Wildman–Crippen LogP) is 2.74. The average Bonchev–Trinajstić information content (AvgIpc) is 2.31. The lowest BCUT2D eigenvalue weighted by Crippen LogP contribution is -2.14. The first kappa shape index (κ1) is 7.59. The van der Waals surface area contributed by atoms with Gasteiger partial charge in [0.15, 0.2) is 0 Å². The third kappa shape index (κ3) is 1.31. The first-order valence-corrected chi connectivity index (χ1v) is 5.00. The number of nitrogens with two attached hydrogens (primary N) is 1. The van der Waals surface area contributed by atoms with Crippen LogP contribution >= 0.6 is 22.9 Å². The summed E-state index contributed by atoms with van der Waals surface area (Å²) in [6.45, 7) is 0. The second-order valence-corrected chi connectivity index (χ2v) is 4.65. The summed E-state index contributed by atoms with van der Waals surface area (Å²) in [5, 5.41) is 0. The largest absolute Gasteiger partial charge is 0.323 e. The van der Waals surface area contributed by atoms with Crippen LogP contribution in [0.1, 0.15) is 29.3 Å². The van der Waals surface area contributed by atoms with Crippen LogP contribution in [0.3, 0.4) is 0 Å². The standard InChI is InChI=1S/C8H10ClNS/c9-7-4-5-2-1-3-6(10)8(5)11-7/h4,6H,1-3,10H2. The van der Waals surface area contributed by atoms with E-state index in [9.17, 15) is 0 Å². The number of halogens is 1. The van der Waals surface area contributed by atoms with Crippen molar-refractivity contribution in [3.63, 3.8) is 0 Å². The molecule has 60 valence electrons. The lowest BCUT2D eigenvalue weighted by atomic mass is 9.96. The third-order valence-electron chi connectivity index (χ3n) is 2.11. The number of rotatable bonds is 0. The molecule has 1 aromatic heterocycles. The second-order valence-electron chi connectivity index (χ2n) is 2.94. The Hall–Kier alpha value is -0.0500. The minimum Gasteiger partial charge on any atom is -0.323 e. The Morgan fingerprint density at radius 2 is 2.45 bits per heavy atom. The van der Waals surface area contributed by atoms with Crippen LogP contribution in [0.25, 0.3) is 0 Å². The fraction of sp³-hybridized carbons (Fsp3) is 0.500. The Morgan fingerprint density at radius 1 is 1.64 bits per heavy atom. The Balaban J connectivity index is 2.43. The van der Waals surface area contributed by atoms with Gasteiger partial charge >= 0.3 is 0 Å². The van der Waals surface area contributed by atoms with Crippen molar-refractivity contribution in [1.82, 2.24) is 0 Å². The van der Waals surface area contributed by atoms with Gasteiger partial charge in [0.05, 0.1) is 4.34 Å². The molecule has 1 heterocycles. The van der Waals surface area contributed by atoms with Crippen molar-refractivity contribution in [3.8, 4) is 0 Å². The van der Waals surface area contributed by atoms with E-state index in [1.807, 2.05) is 0 Å². The highest BCUT2D eigenvalue weighted by Gasteiger charge is 2.19. The minimum atomic E-state index is 0.247. The molecule has 1 nitrogen and oxygen atoms in total. The topological polar surface area (TPSA) is 26.0 Å². The molecule has 11 heavy (non-hydrogen) atoms. The zero-order valence-electron chi connectivity index (χ0n) is 6.14. The highest BCUT2D eigenvalue weighted by Crippen LogP contribution is 2.36. The van der Waals surface area contributed by atoms with Gasteiger partial charge in [0.25, 0.3) is 0 Å². The minimum absolute atomic E-state index is 0.247. The van der Waals surface area contributed by atoms with Gasteiger partial charge in [-0.2, -0.15) is 0 Å². The van der Waals surface area contributed by atoms with Crippen molar-refractivity contribution in [2.24, 2.45) is 5.73 Å². The molecule has 0 radical (unpaired) electrons. The molecule has 2 rings (SSSR count). The van der Waals surface area contributed by atoms with Crippen LogP contribution in [0.4, 0.5) is 0 Å². The Kier molecular flexibility index (Phi) is 1.91. The van der Waals surface area contributed by atoms with E-state index in [0.717, 1.165) is 17.2 Å². The Morgan fingerprint density at radius 3 is 3.18 bits per heavy atom. The third-order valence-corrected chi connectivity index (χ3v) is 3.55. The van der Waals surface area contributed by atoms with Gasteiger partial charge in [0, 0.05) is 10.9 Å². The summed E-state index contributed by atoms with van der Waals surface area (Å²) >= 11 is 7.52. The average molecular weight is 188 g/mol. The highest BCUT2D eigenvalue weighted by molar-refractivity contribution is 7.16. The lowest BCUT2D eigenvalue weighted by molar-refractivity contribution is 0.582. The van der Waals surface area contributed by atoms with Crippen molar-refractivity contribution in [1.29, 1.82) is 0 Å². The first-order valence-electron chi connectivity index (χ1n) is 3.81. The van der Waals surface area contributed by atoms with Crippen LogP contribution in [0, 0.1) is 0 Å². The SMILES string of the molecule is NC1CCCc2cc(Cl)sc21. The maximum absolute atomic E-state index is 5.91. The van der Waals surface area contributed by atoms with Crippen LogP contribution < -0.4 is 5.73 Å². The molecule has 1 aliphatic carbocycles. The van der Waals surface area contributed by atoms with Gasteiger partial charge in [-0.15, -0.1) is 11.3 Å². The van der Waals surface area contributed by atoms with E-state index in [1.165, 1.54) is 16.9 Å². The quantitative estimate of drug-likeness (QED) is 0.664. The Bertz CT molecular complexity index is 269. The molecular formula is C8H10ClNS. The molecule has 1 unspecified atom stereocenters. The fourth-order valence-electron chi connectivity index (χ4n) is 1.56. The maximum Gasteiger partial charge on any atom is 0.0934 e. The summed E-state index contributed by atoms with van der Waals surface area (Å²) < 4.78 is 0.882. The monoisotopic (exact) mass is 187 g/mol. The van der Waals surface area contributed by atoms with E-state index in [2.05, 4.69) is 6.07 Å². The van der Waals surface area contributed by atoms with Gasteiger partial charge < -0.3 is 5.73 Å². The Labute approximate surface area is 75.2 Å². The molecule has 0 aliphatic heterocycles. The molecule has 1 atom stereocenters. The fourth-order valence-corrected chi connectivity index (χ4v) is 2.91. The van der Waals surface area contributed by atoms with Gasteiger partial charge in [0.2, 0.25) is 0 Å². The summed E-state index contributed by atoms with van der Waals surface area (Å²) in [6.07, 6.45) is 3.48. The van der Waals surface area contributed by atoms with Crippen molar-refractivity contribution in [2.75, 3.05) is 0 Å². The number of hydrogen-bond donors (Lipinski definition) is 1. The molecule has 2 N–H and O–H groups in total. The molecule has 0 amide bonds. The van der Waals surface area contributed by atoms with E-state index in [4.69, 9.17) is 17.3 Å². The molecule has 0 saturated heterocycles. The summed E-state index contributed by atoms with van der Waals surface area (Å²) in [5.41, 5.74) is 7.29. The molecule has 1 aromatic rings. The summed E-state index contributed by atoms with van der Waals surface area (Å²) in [6, 6.07) is 2.30. The zero-order valence-corrected chi connectivity index (χ0v) is 7.71. The number of aryl methyl sites for hydroxylation is 1. The molecule has 0 saturated carbocycles. The smallest absolute Gasteiger partial charge is 0.0934 e. The lowest BCUT2D eigenvalue weighted by Gasteiger charge is -2.17. The first-order chi connectivity index (χ1) is 5.27. The van der Waals surface area contributed by atoms with Crippen molar-refractivity contribution in [2.45, 2.75) is 25.3 Å². The summed E-state index contributed by atoms with van der Waals surface area (Å²) in [7, 11) is 0. The van der Waals surface area contributed by atoms with Crippen molar-refractivity contribution >= 4 is 22.9 Å². The predicted molar refractivity (Wildman–Crippen MR) is 49.2 cm³/mol. The van der Waals surface area contributed by atoms with Gasteiger partial charge in [-0.1, -0.05) is 11.6 Å². The molecule has 0 fully saturated rings. The zero-order chi connectivity index (χ0) is 7.84. The van der Waals surface area contributed by atoms with Gasteiger partial charge in [-0.05, 0) is 30.9 Å². The van der Waals surface area contributed by atoms with Crippen molar-refractivity contribution < 1.29 is 0 Å². The molecular weight excluding hydrogens is 178 g/mol. The van der Waals surface area contributed by atoms with Crippen LogP contribution in [-0.2, 0) is 6.42 Å².